The maximum atomic E-state index is 10.8. The first-order valence-electron chi connectivity index (χ1n) is 0.960. The minimum atomic E-state index is -2.60. The van der Waals surface area contributed by atoms with E-state index in [-0.39, 0.29) is 0 Å². The van der Waals surface area contributed by atoms with Gasteiger partial charge in [-0.1, -0.05) is 0 Å². The molecule has 0 radical (unpaired) electrons. The topological polar surface area (TPSA) is 29.5 Å². The summed E-state index contributed by atoms with van der Waals surface area (Å²) in [4.78, 5) is 7.54. The van der Waals surface area contributed by atoms with Gasteiger partial charge in [0.1, 0.15) is 0 Å². The fourth-order valence-corrected chi connectivity index (χ4v) is 0. The summed E-state index contributed by atoms with van der Waals surface area (Å²) in [6.45, 7) is 0. The smallest absolute Gasteiger partial charge is 0.325 e. The van der Waals surface area contributed by atoms with Crippen LogP contribution in [0.5, 0.6) is 0 Å². The molecule has 0 aliphatic rings. The van der Waals surface area contributed by atoms with Crippen LogP contribution >= 0.6 is 8.69 Å². The Kier molecular flexibility index (Phi) is 2.65. The standard InChI is InChI=1S/CH4FO2P/c1-4-5(2)3/h3H,1H3. The third-order valence-electron chi connectivity index (χ3n) is 0.151. The van der Waals surface area contributed by atoms with E-state index >= 15 is 0 Å². The molecule has 0 saturated carbocycles. The molecule has 0 spiro atoms. The molecule has 0 bridgehead atoms. The molecular weight excluding hydrogens is 94.0 g/mol. The first-order chi connectivity index (χ1) is 2.27. The van der Waals surface area contributed by atoms with Crippen LogP contribution in [0, 0.1) is 0 Å². The van der Waals surface area contributed by atoms with Crippen molar-refractivity contribution in [3.8, 4) is 0 Å². The van der Waals surface area contributed by atoms with Gasteiger partial charge >= 0.3 is 8.69 Å². The molecule has 0 amide bonds. The molecule has 0 fully saturated rings. The van der Waals surface area contributed by atoms with Crippen molar-refractivity contribution < 1.29 is 13.6 Å². The van der Waals surface area contributed by atoms with Gasteiger partial charge in [0.05, 0.1) is 0 Å². The average molecular weight is 98.0 g/mol. The summed E-state index contributed by atoms with van der Waals surface area (Å²) in [7, 11) is -1.50. The maximum Gasteiger partial charge on any atom is 0.371 e. The molecule has 1 atom stereocenters. The number of hydrogen-bond acceptors (Lipinski definition) is 2. The van der Waals surface area contributed by atoms with Crippen LogP contribution in [0.3, 0.4) is 0 Å². The highest BCUT2D eigenvalue weighted by Gasteiger charge is 1.90. The lowest BCUT2D eigenvalue weighted by Crippen LogP contribution is -1.60. The third-order valence-corrected chi connectivity index (χ3v) is 0.452. The van der Waals surface area contributed by atoms with E-state index in [1.54, 1.807) is 0 Å². The molecule has 1 unspecified atom stereocenters. The van der Waals surface area contributed by atoms with Gasteiger partial charge in [-0.2, -0.15) is 4.20 Å². The van der Waals surface area contributed by atoms with Crippen molar-refractivity contribution in [2.75, 3.05) is 7.11 Å². The summed E-state index contributed by atoms with van der Waals surface area (Å²) in [5, 5.41) is 0. The van der Waals surface area contributed by atoms with Crippen molar-refractivity contribution in [1.82, 2.24) is 0 Å². The van der Waals surface area contributed by atoms with Crippen LogP contribution in [0.1, 0.15) is 0 Å². The van der Waals surface area contributed by atoms with E-state index in [9.17, 15) is 4.20 Å². The van der Waals surface area contributed by atoms with Gasteiger partial charge in [-0.3, -0.25) is 0 Å². The van der Waals surface area contributed by atoms with Crippen LogP contribution in [0.4, 0.5) is 4.20 Å². The zero-order valence-corrected chi connectivity index (χ0v) is 3.58. The average Bonchev–Trinajstić information content (AvgIpc) is 1.38. The molecule has 0 aromatic carbocycles. The van der Waals surface area contributed by atoms with Gasteiger partial charge in [0.15, 0.2) is 0 Å². The Balaban J connectivity index is 2.54. The predicted octanol–water partition coefficient (Wildman–Crippen LogP) is 0.821. The largest absolute Gasteiger partial charge is 0.371 e. The molecule has 5 heavy (non-hydrogen) atoms. The predicted molar refractivity (Wildman–Crippen MR) is 17.3 cm³/mol. The summed E-state index contributed by atoms with van der Waals surface area (Å²) in [5.74, 6) is 0. The van der Waals surface area contributed by atoms with Gasteiger partial charge in [0.25, 0.3) is 0 Å². The van der Waals surface area contributed by atoms with Crippen LogP contribution in [-0.2, 0) is 4.52 Å². The lowest BCUT2D eigenvalue weighted by atomic mass is 11.8. The van der Waals surface area contributed by atoms with Crippen molar-refractivity contribution in [3.05, 3.63) is 0 Å². The second kappa shape index (κ2) is 2.51. The molecule has 32 valence electrons. The Bertz CT molecular complexity index is 23.6. The lowest BCUT2D eigenvalue weighted by Gasteiger charge is -1.85. The van der Waals surface area contributed by atoms with Gasteiger partial charge in [0.2, 0.25) is 0 Å². The van der Waals surface area contributed by atoms with Crippen LogP contribution in [0.25, 0.3) is 0 Å². The van der Waals surface area contributed by atoms with Crippen molar-refractivity contribution in [1.29, 1.82) is 0 Å². The molecule has 1 N–H and O–H groups in total. The monoisotopic (exact) mass is 98.0 g/mol. The first kappa shape index (κ1) is 5.28. The van der Waals surface area contributed by atoms with E-state index in [0.29, 0.717) is 0 Å². The Morgan fingerprint density at radius 3 is 2.20 bits per heavy atom. The summed E-state index contributed by atoms with van der Waals surface area (Å²) in [6, 6.07) is 0. The molecule has 0 aliphatic carbocycles. The fourth-order valence-electron chi connectivity index (χ4n) is 0. The van der Waals surface area contributed by atoms with Crippen LogP contribution in [0.15, 0.2) is 0 Å². The Morgan fingerprint density at radius 1 is 2.00 bits per heavy atom. The van der Waals surface area contributed by atoms with E-state index in [1.165, 1.54) is 0 Å². The molecular formula is CH4FO2P. The number of rotatable bonds is 1. The number of hydrogen-bond donors (Lipinski definition) is 1. The molecule has 4 heteroatoms. The van der Waals surface area contributed by atoms with Gasteiger partial charge in [-0.25, -0.2) is 0 Å². The number of halogens is 1. The van der Waals surface area contributed by atoms with E-state index in [2.05, 4.69) is 4.52 Å². The normalized spacial score (nSPS) is 15.0. The summed E-state index contributed by atoms with van der Waals surface area (Å²) >= 11 is 0. The zero-order chi connectivity index (χ0) is 4.28. The van der Waals surface area contributed by atoms with Gasteiger partial charge in [-0.15, -0.1) is 0 Å². The maximum absolute atomic E-state index is 10.8. The summed E-state index contributed by atoms with van der Waals surface area (Å²) in [6.07, 6.45) is 0. The second-order valence-electron chi connectivity index (χ2n) is 0.409. The third kappa shape index (κ3) is 4.28. The van der Waals surface area contributed by atoms with Crippen LogP contribution in [0.2, 0.25) is 0 Å². The van der Waals surface area contributed by atoms with Crippen LogP contribution < -0.4 is 0 Å². The molecule has 0 aromatic rings. The SMILES string of the molecule is COP(O)F. The van der Waals surface area contributed by atoms with Gasteiger partial charge in [0, 0.05) is 7.11 Å². The van der Waals surface area contributed by atoms with E-state index in [0.717, 1.165) is 7.11 Å². The molecule has 0 heterocycles. The Hall–Kier alpha value is 0.280. The zero-order valence-electron chi connectivity index (χ0n) is 2.68. The summed E-state index contributed by atoms with van der Waals surface area (Å²) in [5.41, 5.74) is 0. The Morgan fingerprint density at radius 2 is 2.20 bits per heavy atom. The molecule has 0 aliphatic heterocycles. The Labute approximate surface area is 30.6 Å². The molecule has 0 rings (SSSR count). The fraction of sp³-hybridized carbons (Fsp3) is 1.00. The van der Waals surface area contributed by atoms with E-state index in [4.69, 9.17) is 4.89 Å². The van der Waals surface area contributed by atoms with Gasteiger partial charge < -0.3 is 9.42 Å². The minimum absolute atomic E-state index is 1.10. The highest BCUT2D eigenvalue weighted by atomic mass is 31.2. The molecule has 0 aromatic heterocycles. The van der Waals surface area contributed by atoms with Crippen molar-refractivity contribution in [3.63, 3.8) is 0 Å². The van der Waals surface area contributed by atoms with Crippen LogP contribution in [-0.4, -0.2) is 12.0 Å². The molecule has 0 saturated heterocycles. The van der Waals surface area contributed by atoms with E-state index in [1.807, 2.05) is 0 Å². The van der Waals surface area contributed by atoms with E-state index < -0.39 is 8.69 Å². The quantitative estimate of drug-likeness (QED) is 0.492. The minimum Gasteiger partial charge on any atom is -0.325 e. The van der Waals surface area contributed by atoms with Crippen molar-refractivity contribution in [2.24, 2.45) is 0 Å². The first-order valence-corrected chi connectivity index (χ1v) is 2.06. The van der Waals surface area contributed by atoms with Crippen molar-refractivity contribution in [2.45, 2.75) is 0 Å². The van der Waals surface area contributed by atoms with Gasteiger partial charge in [-0.05, 0) is 0 Å². The second-order valence-corrected chi connectivity index (χ2v) is 1.23. The van der Waals surface area contributed by atoms with Crippen molar-refractivity contribution >= 4 is 8.69 Å². The highest BCUT2D eigenvalue weighted by molar-refractivity contribution is 7.40. The summed E-state index contributed by atoms with van der Waals surface area (Å²) < 4.78 is 14.5. The highest BCUT2D eigenvalue weighted by Crippen LogP contribution is 2.29. The molecule has 2 nitrogen and oxygen atoms in total. The lowest BCUT2D eigenvalue weighted by molar-refractivity contribution is 0.351.